The van der Waals surface area contributed by atoms with Crippen molar-refractivity contribution in [3.05, 3.63) is 40.3 Å². The summed E-state index contributed by atoms with van der Waals surface area (Å²) in [5.41, 5.74) is 1.21. The number of halogens is 4. The van der Waals surface area contributed by atoms with Crippen molar-refractivity contribution in [2.75, 3.05) is 29.5 Å². The van der Waals surface area contributed by atoms with Gasteiger partial charge in [-0.15, -0.1) is 0 Å². The minimum Gasteiger partial charge on any atom is -0.358 e. The second kappa shape index (κ2) is 9.21. The van der Waals surface area contributed by atoms with Crippen LogP contribution < -0.4 is 9.62 Å². The first-order valence-corrected chi connectivity index (χ1v) is 12.7. The number of aromatic nitrogens is 3. The SMILES string of the molecule is CN(c1cc(Cl)ccc1Nc1cc(Cl)nc2c1nc(C(F)F)n2C1CCCCO1)S(C)(=O)=O. The molecule has 1 aliphatic heterocycles. The van der Waals surface area contributed by atoms with Crippen molar-refractivity contribution in [2.45, 2.75) is 31.9 Å². The largest absolute Gasteiger partial charge is 0.358 e. The summed E-state index contributed by atoms with van der Waals surface area (Å²) in [6.07, 6.45) is -0.220. The quantitative estimate of drug-likeness (QED) is 0.431. The van der Waals surface area contributed by atoms with Crippen molar-refractivity contribution >= 4 is 61.5 Å². The number of alkyl halides is 2. The van der Waals surface area contributed by atoms with Crippen molar-refractivity contribution in [1.82, 2.24) is 14.5 Å². The molecule has 1 fully saturated rings. The number of nitrogens with one attached hydrogen (secondary N) is 1. The fraction of sp³-hybridized carbons (Fsp3) is 0.400. The molecule has 0 bridgehead atoms. The van der Waals surface area contributed by atoms with Crippen LogP contribution in [-0.2, 0) is 14.8 Å². The van der Waals surface area contributed by atoms with Crippen molar-refractivity contribution in [2.24, 2.45) is 0 Å². The van der Waals surface area contributed by atoms with E-state index in [4.69, 9.17) is 27.9 Å². The lowest BCUT2D eigenvalue weighted by atomic mass is 10.2. The van der Waals surface area contributed by atoms with Gasteiger partial charge < -0.3 is 10.1 Å². The van der Waals surface area contributed by atoms with Gasteiger partial charge in [0.25, 0.3) is 6.43 Å². The van der Waals surface area contributed by atoms with Crippen LogP contribution in [0.2, 0.25) is 10.2 Å². The Morgan fingerprint density at radius 2 is 1.97 bits per heavy atom. The number of nitrogens with zero attached hydrogens (tertiary/aromatic N) is 4. The molecule has 3 heterocycles. The number of imidazole rings is 1. The summed E-state index contributed by atoms with van der Waals surface area (Å²) >= 11 is 12.3. The zero-order chi connectivity index (χ0) is 23.9. The van der Waals surface area contributed by atoms with Crippen molar-refractivity contribution in [1.29, 1.82) is 0 Å². The lowest BCUT2D eigenvalue weighted by Crippen LogP contribution is -2.25. The van der Waals surface area contributed by atoms with Crippen LogP contribution in [0.3, 0.4) is 0 Å². The van der Waals surface area contributed by atoms with Crippen LogP contribution in [0.1, 0.15) is 37.7 Å². The van der Waals surface area contributed by atoms with Gasteiger partial charge in [-0.3, -0.25) is 8.87 Å². The van der Waals surface area contributed by atoms with E-state index in [9.17, 15) is 17.2 Å². The average Bonchev–Trinajstić information content (AvgIpc) is 3.14. The first-order valence-electron chi connectivity index (χ1n) is 10.0. The lowest BCUT2D eigenvalue weighted by Gasteiger charge is -2.25. The lowest BCUT2D eigenvalue weighted by molar-refractivity contribution is -0.0363. The molecular weight excluding hydrogens is 499 g/mol. The molecule has 1 saturated heterocycles. The van der Waals surface area contributed by atoms with E-state index < -0.39 is 28.5 Å². The van der Waals surface area contributed by atoms with Gasteiger partial charge in [0.2, 0.25) is 10.0 Å². The number of anilines is 3. The molecule has 0 spiro atoms. The molecule has 0 aliphatic carbocycles. The number of rotatable bonds is 6. The number of pyridine rings is 1. The maximum absolute atomic E-state index is 13.9. The first kappa shape index (κ1) is 23.9. The summed E-state index contributed by atoms with van der Waals surface area (Å²) in [7, 11) is -2.23. The van der Waals surface area contributed by atoms with Gasteiger partial charge in [-0.25, -0.2) is 27.2 Å². The van der Waals surface area contributed by atoms with E-state index >= 15 is 0 Å². The number of hydrogen-bond acceptors (Lipinski definition) is 6. The molecule has 13 heteroatoms. The third kappa shape index (κ3) is 4.86. The molecule has 0 amide bonds. The molecule has 3 aromatic rings. The fourth-order valence-corrected chi connectivity index (χ4v) is 4.57. The maximum Gasteiger partial charge on any atom is 0.295 e. The molecule has 8 nitrogen and oxygen atoms in total. The van der Waals surface area contributed by atoms with Gasteiger partial charge in [0.1, 0.15) is 16.9 Å². The van der Waals surface area contributed by atoms with E-state index in [1.807, 2.05) is 0 Å². The number of sulfonamides is 1. The van der Waals surface area contributed by atoms with E-state index in [2.05, 4.69) is 15.3 Å². The Labute approximate surface area is 199 Å². The average molecular weight is 520 g/mol. The molecule has 4 rings (SSSR count). The van der Waals surface area contributed by atoms with Crippen LogP contribution in [0.4, 0.5) is 25.8 Å². The smallest absolute Gasteiger partial charge is 0.295 e. The summed E-state index contributed by atoms with van der Waals surface area (Å²) in [5.74, 6) is -0.473. The number of fused-ring (bicyclic) bond motifs is 1. The Kier molecular flexibility index (Phi) is 6.68. The second-order valence-electron chi connectivity index (χ2n) is 7.64. The van der Waals surface area contributed by atoms with Gasteiger partial charge in [0.05, 0.1) is 23.3 Å². The van der Waals surface area contributed by atoms with Crippen LogP contribution >= 0.6 is 23.2 Å². The Bertz CT molecular complexity index is 1300. The Morgan fingerprint density at radius 1 is 1.21 bits per heavy atom. The van der Waals surface area contributed by atoms with Gasteiger partial charge in [-0.1, -0.05) is 23.2 Å². The van der Waals surface area contributed by atoms with Crippen LogP contribution in [0, 0.1) is 0 Å². The topological polar surface area (TPSA) is 89.3 Å². The predicted molar refractivity (Wildman–Crippen MR) is 124 cm³/mol. The molecule has 2 aromatic heterocycles. The van der Waals surface area contributed by atoms with E-state index in [1.54, 1.807) is 12.1 Å². The van der Waals surface area contributed by atoms with Gasteiger partial charge in [-0.05, 0) is 37.5 Å². The Balaban J connectivity index is 1.87. The van der Waals surface area contributed by atoms with Crippen molar-refractivity contribution in [3.8, 4) is 0 Å². The van der Waals surface area contributed by atoms with Crippen LogP contribution in [0.25, 0.3) is 11.2 Å². The highest BCUT2D eigenvalue weighted by Crippen LogP contribution is 2.38. The summed E-state index contributed by atoms with van der Waals surface area (Å²) in [5, 5.41) is 3.44. The molecule has 33 heavy (non-hydrogen) atoms. The maximum atomic E-state index is 13.9. The standard InChI is InChI=1S/C20H21Cl2F2N5O3S/c1-28(33(2,30)31)14-9-11(21)6-7-12(14)25-13-10-15(22)26-19-17(13)27-20(18(23)24)29(19)16-5-3-4-8-32-16/h6-7,9-10,16,18H,3-5,8H2,1-2H3,(H,25,26). The van der Waals surface area contributed by atoms with Crippen molar-refractivity contribution < 1.29 is 21.9 Å². The predicted octanol–water partition coefficient (Wildman–Crippen LogP) is 5.51. The number of ether oxygens (including phenoxy) is 1. The van der Waals surface area contributed by atoms with E-state index in [-0.39, 0.29) is 27.7 Å². The summed E-state index contributed by atoms with van der Waals surface area (Å²) < 4.78 is 60.1. The van der Waals surface area contributed by atoms with Crippen LogP contribution in [-0.4, -0.2) is 42.9 Å². The zero-order valence-electron chi connectivity index (χ0n) is 17.7. The highest BCUT2D eigenvalue weighted by Gasteiger charge is 2.29. The molecule has 0 saturated carbocycles. The Hall–Kier alpha value is -2.21. The summed E-state index contributed by atoms with van der Waals surface area (Å²) in [6, 6.07) is 6.07. The minimum atomic E-state index is -3.61. The molecule has 1 atom stereocenters. The molecule has 1 aromatic carbocycles. The highest BCUT2D eigenvalue weighted by atomic mass is 35.5. The van der Waals surface area contributed by atoms with E-state index in [0.717, 1.165) is 23.4 Å². The molecule has 0 radical (unpaired) electrons. The van der Waals surface area contributed by atoms with Gasteiger partial charge in [-0.2, -0.15) is 0 Å². The zero-order valence-corrected chi connectivity index (χ0v) is 20.1. The normalized spacial score (nSPS) is 17.0. The fourth-order valence-electron chi connectivity index (χ4n) is 3.70. The highest BCUT2D eigenvalue weighted by molar-refractivity contribution is 7.92. The summed E-state index contributed by atoms with van der Waals surface area (Å²) in [6.45, 7) is 0.449. The van der Waals surface area contributed by atoms with Crippen LogP contribution in [0.5, 0.6) is 0 Å². The molecule has 1 unspecified atom stereocenters. The minimum absolute atomic E-state index is 0.0507. The monoisotopic (exact) mass is 519 g/mol. The Morgan fingerprint density at radius 3 is 2.61 bits per heavy atom. The molecule has 178 valence electrons. The number of hydrogen-bond donors (Lipinski definition) is 1. The number of benzene rings is 1. The molecule has 1 aliphatic rings. The van der Waals surface area contributed by atoms with E-state index in [1.165, 1.54) is 23.7 Å². The summed E-state index contributed by atoms with van der Waals surface area (Å²) in [4.78, 5) is 8.41. The third-order valence-corrected chi connectivity index (χ3v) is 6.97. The second-order valence-corrected chi connectivity index (χ2v) is 10.5. The molecule has 1 N–H and O–H groups in total. The van der Waals surface area contributed by atoms with Gasteiger partial charge >= 0.3 is 0 Å². The van der Waals surface area contributed by atoms with Crippen molar-refractivity contribution in [3.63, 3.8) is 0 Å². The van der Waals surface area contributed by atoms with Crippen LogP contribution in [0.15, 0.2) is 24.3 Å². The van der Waals surface area contributed by atoms with Gasteiger partial charge in [0.15, 0.2) is 11.5 Å². The van der Waals surface area contributed by atoms with Gasteiger partial charge in [0, 0.05) is 24.7 Å². The van der Waals surface area contributed by atoms with E-state index in [0.29, 0.717) is 23.7 Å². The molecular formula is C20H21Cl2F2N5O3S. The third-order valence-electron chi connectivity index (χ3n) is 5.35. The first-order chi connectivity index (χ1) is 15.6.